The first-order valence-electron chi connectivity index (χ1n) is 11.2. The van der Waals surface area contributed by atoms with Crippen LogP contribution in [-0.4, -0.2) is 53.3 Å². The zero-order valence-electron chi connectivity index (χ0n) is 21.6. The number of nitrogen functional groups attached to an aromatic ring is 2. The maximum Gasteiger partial charge on any atom is 0.330 e. The average Bonchev–Trinajstić information content (AvgIpc) is 2.80. The summed E-state index contributed by atoms with van der Waals surface area (Å²) in [6.07, 6.45) is 2.98. The van der Waals surface area contributed by atoms with Crippen LogP contribution in [0.1, 0.15) is 37.7 Å². The van der Waals surface area contributed by atoms with E-state index in [4.69, 9.17) is 17.5 Å². The van der Waals surface area contributed by atoms with E-state index in [9.17, 15) is 9.59 Å². The Morgan fingerprint density at radius 1 is 1.11 bits per heavy atom. The number of fused-ring (bicyclic) bond motifs is 1. The molecule has 3 aromatic heterocycles. The molecule has 3 aromatic rings. The predicted octanol–water partition coefficient (Wildman–Crippen LogP) is 1.43. The number of hydrogen-bond acceptors (Lipinski definition) is 10. The molecule has 0 spiro atoms. The number of ether oxygens (including phenoxy) is 1. The van der Waals surface area contributed by atoms with Crippen molar-refractivity contribution in [3.8, 4) is 0 Å². The van der Waals surface area contributed by atoms with Crippen molar-refractivity contribution in [3.63, 3.8) is 0 Å². The fraction of sp³-hybridized carbons (Fsp3) is 0.364. The number of nitrogens with zero attached hydrogens (tertiary/aromatic N) is 5. The maximum absolute atomic E-state index is 11.5. The summed E-state index contributed by atoms with van der Waals surface area (Å²) in [5, 5.41) is 3.95. The molecule has 0 atom stereocenters. The fourth-order valence-corrected chi connectivity index (χ4v) is 3.09. The van der Waals surface area contributed by atoms with E-state index in [-0.39, 0.29) is 48.6 Å². The summed E-state index contributed by atoms with van der Waals surface area (Å²) in [5.41, 5.74) is 13.9. The predicted molar refractivity (Wildman–Crippen MR) is 137 cm³/mol. The molecule has 2 radical (unpaired) electrons. The first-order valence-corrected chi connectivity index (χ1v) is 10.6. The molecule has 0 aromatic carbocycles. The molecule has 3 rings (SSSR count). The van der Waals surface area contributed by atoms with E-state index >= 15 is 0 Å². The third-order valence-corrected chi connectivity index (χ3v) is 4.53. The number of nitrogens with two attached hydrogens (primary N) is 2. The molecule has 184 valence electrons. The summed E-state index contributed by atoms with van der Waals surface area (Å²) in [4.78, 5) is 39.1. The van der Waals surface area contributed by atoms with E-state index in [0.29, 0.717) is 36.9 Å². The number of pyridine rings is 1. The monoisotopic (exact) mass is 705 g/mol. The number of aromatic nitrogens is 5. The minimum absolute atomic E-state index is 0. The van der Waals surface area contributed by atoms with Crippen LogP contribution in [-0.2, 0) is 16.1 Å². The van der Waals surface area contributed by atoms with Crippen LogP contribution in [0.15, 0.2) is 23.0 Å². The zero-order chi connectivity index (χ0) is 26.5. The number of hydrogen-bond donors (Lipinski definition) is 3. The Morgan fingerprint density at radius 3 is 2.34 bits per heavy atom. The van der Waals surface area contributed by atoms with Gasteiger partial charge in [-0.3, -0.25) is 9.36 Å². The third kappa shape index (κ3) is 8.67. The van der Waals surface area contributed by atoms with Gasteiger partial charge in [0.1, 0.15) is 11.5 Å². The Balaban J connectivity index is 0.000000627. The number of carbonyl (C=O) groups excluding carboxylic acids is 1. The number of carbonyl (C=O) groups is 1. The van der Waals surface area contributed by atoms with Gasteiger partial charge in [-0.25, -0.2) is 14.8 Å². The van der Waals surface area contributed by atoms with E-state index in [0.717, 1.165) is 16.6 Å². The first kappa shape index (κ1) is 30.1. The van der Waals surface area contributed by atoms with Crippen LogP contribution in [0.4, 0.5) is 17.7 Å². The average molecular weight is 705 g/mol. The molecule has 13 heteroatoms. The van der Waals surface area contributed by atoms with Gasteiger partial charge in [0.25, 0.3) is 5.56 Å². The van der Waals surface area contributed by atoms with Crippen molar-refractivity contribution in [3.05, 3.63) is 45.5 Å². The van der Waals surface area contributed by atoms with Gasteiger partial charge in [0, 0.05) is 75.7 Å². The smallest absolute Gasteiger partial charge is 0.330 e. The minimum atomic E-state index is -0.392. The molecular weight excluding hydrogens is 673 g/mol. The molecule has 3 heterocycles. The van der Waals surface area contributed by atoms with Crippen molar-refractivity contribution < 1.29 is 40.6 Å². The van der Waals surface area contributed by atoms with Crippen LogP contribution in [0.25, 0.3) is 17.1 Å². The van der Waals surface area contributed by atoms with Gasteiger partial charge < -0.3 is 21.5 Å². The van der Waals surface area contributed by atoms with Crippen molar-refractivity contribution >= 4 is 49.2 Å². The quantitative estimate of drug-likeness (QED) is 0.194. The Morgan fingerprint density at radius 2 is 1.74 bits per heavy atom. The van der Waals surface area contributed by atoms with Gasteiger partial charge in [-0.05, 0) is 48.1 Å². The molecule has 11 nitrogen and oxygen atoms in total. The second-order valence-corrected chi connectivity index (χ2v) is 6.87. The molecular formula is C22H31BN8O3U. The number of rotatable bonds is 6. The van der Waals surface area contributed by atoms with Crippen molar-refractivity contribution in [1.82, 2.24) is 24.5 Å². The molecule has 0 aliphatic heterocycles. The standard InChI is InChI=1S/C12H18N4O2.C10H12N4O.BH.U/c1-4-14-11-9(6-7-10(17)18-5-2)8(3)15-12(13)16-11;1-3-14-8(15)5-4-7-6(2)12-10(11)13-9(7)14;;/h6-7H,4-5H2,1-3H3,(H3,13,14,15,16);4-5H,3H2,1-2H3,(H2,11,12,13);1H;/b7-6+;;;/i;;1D;. The molecule has 0 saturated carbocycles. The number of anilines is 3. The molecule has 0 fully saturated rings. The minimum Gasteiger partial charge on any atom is -0.463 e. The van der Waals surface area contributed by atoms with Gasteiger partial charge in [-0.2, -0.15) is 9.97 Å². The van der Waals surface area contributed by atoms with Crippen molar-refractivity contribution in [2.75, 3.05) is 29.9 Å². The topological polar surface area (TPSA) is 164 Å². The molecule has 0 aliphatic carbocycles. The third-order valence-electron chi connectivity index (χ3n) is 4.53. The van der Waals surface area contributed by atoms with E-state index in [1.807, 2.05) is 27.7 Å². The van der Waals surface area contributed by atoms with E-state index < -0.39 is 5.97 Å². The van der Waals surface area contributed by atoms with E-state index in [1.165, 1.54) is 12.1 Å². The molecule has 0 bridgehead atoms. The normalized spacial score (nSPS) is 10.3. The molecule has 0 aliphatic rings. The zero-order valence-corrected chi connectivity index (χ0v) is 24.8. The molecule has 0 amide bonds. The number of esters is 1. The number of aryl methyl sites for hydroxylation is 3. The SMILES string of the molecule is CCNc1nc(N)nc(C)c1/C=C/C(=O)OCC.CCn1c(=O)ccc2c(C)nc(N)nc21.[2H][B].[U]. The second-order valence-electron chi connectivity index (χ2n) is 6.87. The van der Waals surface area contributed by atoms with Gasteiger partial charge in [0.15, 0.2) is 0 Å². The summed E-state index contributed by atoms with van der Waals surface area (Å²) in [6, 6.07) is 3.26. The maximum atomic E-state index is 11.5. The van der Waals surface area contributed by atoms with Crippen molar-refractivity contribution in [2.45, 2.75) is 41.2 Å². The van der Waals surface area contributed by atoms with Crippen LogP contribution >= 0.6 is 0 Å². The Bertz CT molecular complexity index is 1240. The largest absolute Gasteiger partial charge is 0.463 e. The number of nitrogens with one attached hydrogen (secondary N) is 1. The van der Waals surface area contributed by atoms with E-state index in [1.54, 1.807) is 23.6 Å². The van der Waals surface area contributed by atoms with Crippen LogP contribution in [0, 0.1) is 45.0 Å². The Labute approximate surface area is 231 Å². The fourth-order valence-electron chi connectivity index (χ4n) is 3.09. The second kappa shape index (κ2) is 15.2. The van der Waals surface area contributed by atoms with Crippen molar-refractivity contribution in [1.29, 1.82) is 1.34 Å². The van der Waals surface area contributed by atoms with Crippen LogP contribution in [0.5, 0.6) is 0 Å². The Kier molecular flexibility index (Phi) is 13.1. The molecule has 0 saturated heterocycles. The summed E-state index contributed by atoms with van der Waals surface area (Å²) in [6.45, 7) is 10.9. The molecule has 0 unspecified atom stereocenters. The van der Waals surface area contributed by atoms with Gasteiger partial charge in [-0.1, -0.05) is 0 Å². The van der Waals surface area contributed by atoms with Crippen LogP contribution in [0.3, 0.4) is 0 Å². The molecule has 5 N–H and O–H groups in total. The first-order chi connectivity index (χ1) is 16.7. The van der Waals surface area contributed by atoms with Gasteiger partial charge in [-0.15, -0.1) is 0 Å². The van der Waals surface area contributed by atoms with Gasteiger partial charge >= 0.3 is 5.97 Å². The Hall–Kier alpha value is -2.90. The van der Waals surface area contributed by atoms with Gasteiger partial charge in [0.2, 0.25) is 11.9 Å². The summed E-state index contributed by atoms with van der Waals surface area (Å²) < 4.78 is 11.6. The van der Waals surface area contributed by atoms with Crippen LogP contribution in [0.2, 0.25) is 0 Å². The van der Waals surface area contributed by atoms with Crippen molar-refractivity contribution in [2.24, 2.45) is 0 Å². The van der Waals surface area contributed by atoms with Gasteiger partial charge in [0.05, 0.1) is 18.0 Å². The summed E-state index contributed by atoms with van der Waals surface area (Å²) in [5.74, 6) is 0.628. The van der Waals surface area contributed by atoms with Crippen LogP contribution < -0.4 is 22.3 Å². The molecule has 35 heavy (non-hydrogen) atoms. The summed E-state index contributed by atoms with van der Waals surface area (Å²) >= 11 is 0. The summed E-state index contributed by atoms with van der Waals surface area (Å²) in [7, 11) is 3.75. The van der Waals surface area contributed by atoms with E-state index in [2.05, 4.69) is 33.6 Å².